The Morgan fingerprint density at radius 3 is 2.40 bits per heavy atom. The minimum atomic E-state index is -4.00. The van der Waals surface area contributed by atoms with E-state index in [4.69, 9.17) is 10.2 Å². The molecule has 1 aromatic carbocycles. The Morgan fingerprint density at radius 1 is 1.10 bits per heavy atom. The summed E-state index contributed by atoms with van der Waals surface area (Å²) in [5, 5.41) is 19.9. The summed E-state index contributed by atoms with van der Waals surface area (Å²) in [6.45, 7) is -0.225. The largest absolute Gasteiger partial charge is 0.481 e. The van der Waals surface area contributed by atoms with Crippen LogP contribution in [0.15, 0.2) is 47.5 Å². The van der Waals surface area contributed by atoms with Gasteiger partial charge in [-0.25, -0.2) is 17.9 Å². The van der Waals surface area contributed by atoms with Gasteiger partial charge in [0.2, 0.25) is 10.0 Å². The molecule has 0 spiro atoms. The van der Waals surface area contributed by atoms with Gasteiger partial charge in [0.1, 0.15) is 6.29 Å². The second kappa shape index (κ2) is 9.71. The third kappa shape index (κ3) is 6.18. The standard InChI is InChI=1S/C18H17N3O8S/c22-10-14(7-16(23)24)21-17(25)12-4-5-13(19-8-12)9-20-30(28,29)15-3-1-2-11(6-15)18(26)27/h1-6,8,10,14,20H,7,9H2,(H,21,25)(H,23,24)(H,26,27). The number of carboxylic acids is 2. The molecule has 1 amide bonds. The number of amides is 1. The molecule has 0 saturated heterocycles. The molecule has 4 N–H and O–H groups in total. The molecule has 0 saturated carbocycles. The maximum absolute atomic E-state index is 12.3. The van der Waals surface area contributed by atoms with Gasteiger partial charge in [0.25, 0.3) is 5.91 Å². The fourth-order valence-electron chi connectivity index (χ4n) is 2.28. The number of carbonyl (C=O) groups excluding carboxylic acids is 2. The summed E-state index contributed by atoms with van der Waals surface area (Å²) in [4.78, 5) is 48.2. The lowest BCUT2D eigenvalue weighted by Gasteiger charge is -2.11. The Kier molecular flexibility index (Phi) is 7.33. The minimum Gasteiger partial charge on any atom is -0.481 e. The van der Waals surface area contributed by atoms with E-state index in [-0.39, 0.29) is 28.3 Å². The number of aliphatic carboxylic acids is 1. The van der Waals surface area contributed by atoms with E-state index in [1.54, 1.807) is 0 Å². The SMILES string of the molecule is O=CC(CC(=O)O)NC(=O)c1ccc(CNS(=O)(=O)c2cccc(C(=O)O)c2)nc1. The Morgan fingerprint density at radius 2 is 1.83 bits per heavy atom. The predicted octanol–water partition coefficient (Wildman–Crippen LogP) is 0.0303. The average Bonchev–Trinajstić information content (AvgIpc) is 2.71. The van der Waals surface area contributed by atoms with Crippen molar-refractivity contribution in [3.8, 4) is 0 Å². The van der Waals surface area contributed by atoms with E-state index in [1.165, 1.54) is 30.3 Å². The van der Waals surface area contributed by atoms with Crippen LogP contribution in [0.4, 0.5) is 0 Å². The van der Waals surface area contributed by atoms with Crippen molar-refractivity contribution >= 4 is 34.2 Å². The predicted molar refractivity (Wildman–Crippen MR) is 101 cm³/mol. The van der Waals surface area contributed by atoms with Gasteiger partial charge in [-0.3, -0.25) is 14.6 Å². The number of benzene rings is 1. The van der Waals surface area contributed by atoms with Crippen LogP contribution in [0.5, 0.6) is 0 Å². The van der Waals surface area contributed by atoms with Crippen LogP contribution in [0.3, 0.4) is 0 Å². The molecule has 0 aliphatic carbocycles. The van der Waals surface area contributed by atoms with Crippen molar-refractivity contribution in [3.63, 3.8) is 0 Å². The van der Waals surface area contributed by atoms with Crippen molar-refractivity contribution in [2.75, 3.05) is 0 Å². The molecule has 12 heteroatoms. The van der Waals surface area contributed by atoms with E-state index >= 15 is 0 Å². The van der Waals surface area contributed by atoms with Crippen molar-refractivity contribution < 1.29 is 37.8 Å². The zero-order valence-corrected chi connectivity index (χ0v) is 16.1. The molecule has 30 heavy (non-hydrogen) atoms. The van der Waals surface area contributed by atoms with Crippen LogP contribution in [-0.4, -0.2) is 53.8 Å². The Hall–Kier alpha value is -3.64. The summed E-state index contributed by atoms with van der Waals surface area (Å²) in [6.07, 6.45) is 0.889. The van der Waals surface area contributed by atoms with Gasteiger partial charge in [0.05, 0.1) is 40.7 Å². The third-order valence-corrected chi connectivity index (χ3v) is 5.20. The molecule has 1 heterocycles. The normalized spacial score (nSPS) is 12.0. The van der Waals surface area contributed by atoms with Gasteiger partial charge in [-0.1, -0.05) is 6.07 Å². The molecule has 0 fully saturated rings. The quantitative estimate of drug-likeness (QED) is 0.374. The first-order valence-electron chi connectivity index (χ1n) is 8.38. The maximum Gasteiger partial charge on any atom is 0.335 e. The second-order valence-corrected chi connectivity index (χ2v) is 7.78. The lowest BCUT2D eigenvalue weighted by molar-refractivity contribution is -0.138. The summed E-state index contributed by atoms with van der Waals surface area (Å²) < 4.78 is 26.9. The van der Waals surface area contributed by atoms with Crippen LogP contribution >= 0.6 is 0 Å². The summed E-state index contributed by atoms with van der Waals surface area (Å²) in [5.41, 5.74) is 0.137. The molecule has 0 radical (unpaired) electrons. The van der Waals surface area contributed by atoms with Crippen LogP contribution in [0.2, 0.25) is 0 Å². The van der Waals surface area contributed by atoms with Gasteiger partial charge in [-0.05, 0) is 30.3 Å². The molecule has 0 aliphatic heterocycles. The molecular formula is C18H17N3O8S. The number of hydrogen-bond acceptors (Lipinski definition) is 7. The number of nitrogens with one attached hydrogen (secondary N) is 2. The smallest absolute Gasteiger partial charge is 0.335 e. The first-order valence-corrected chi connectivity index (χ1v) is 9.86. The summed E-state index contributed by atoms with van der Waals surface area (Å²) in [5.74, 6) is -3.22. The highest BCUT2D eigenvalue weighted by atomic mass is 32.2. The first kappa shape index (κ1) is 22.6. The number of rotatable bonds is 10. The molecule has 0 bridgehead atoms. The zero-order valence-electron chi connectivity index (χ0n) is 15.3. The molecule has 158 valence electrons. The molecule has 1 atom stereocenters. The van der Waals surface area contributed by atoms with Gasteiger partial charge in [-0.15, -0.1) is 0 Å². The van der Waals surface area contributed by atoms with E-state index in [0.717, 1.165) is 12.3 Å². The number of aromatic nitrogens is 1. The molecular weight excluding hydrogens is 418 g/mol. The van der Waals surface area contributed by atoms with Crippen molar-refractivity contribution in [1.82, 2.24) is 15.0 Å². The molecule has 1 aromatic heterocycles. The lowest BCUT2D eigenvalue weighted by atomic mass is 10.2. The van der Waals surface area contributed by atoms with Crippen LogP contribution in [0.25, 0.3) is 0 Å². The topological polar surface area (TPSA) is 180 Å². The van der Waals surface area contributed by atoms with Gasteiger partial charge in [-0.2, -0.15) is 0 Å². The van der Waals surface area contributed by atoms with Crippen molar-refractivity contribution in [2.24, 2.45) is 0 Å². The van der Waals surface area contributed by atoms with Crippen molar-refractivity contribution in [2.45, 2.75) is 23.9 Å². The summed E-state index contributed by atoms with van der Waals surface area (Å²) in [7, 11) is -4.00. The lowest BCUT2D eigenvalue weighted by Crippen LogP contribution is -2.37. The van der Waals surface area contributed by atoms with Crippen molar-refractivity contribution in [3.05, 3.63) is 59.4 Å². The molecule has 1 unspecified atom stereocenters. The second-order valence-electron chi connectivity index (χ2n) is 6.01. The minimum absolute atomic E-state index is 0.0491. The first-order chi connectivity index (χ1) is 14.1. The van der Waals surface area contributed by atoms with Gasteiger partial charge in [0.15, 0.2) is 0 Å². The van der Waals surface area contributed by atoms with Gasteiger partial charge >= 0.3 is 11.9 Å². The molecule has 2 rings (SSSR count). The van der Waals surface area contributed by atoms with Crippen LogP contribution < -0.4 is 10.0 Å². The number of hydrogen-bond donors (Lipinski definition) is 4. The van der Waals surface area contributed by atoms with E-state index in [2.05, 4.69) is 15.0 Å². The Bertz CT molecular complexity index is 1070. The monoisotopic (exact) mass is 435 g/mol. The summed E-state index contributed by atoms with van der Waals surface area (Å²) >= 11 is 0. The van der Waals surface area contributed by atoms with Crippen molar-refractivity contribution in [1.29, 1.82) is 0 Å². The van der Waals surface area contributed by atoms with Crippen LogP contribution in [0, 0.1) is 0 Å². The number of nitrogens with zero attached hydrogens (tertiary/aromatic N) is 1. The fourth-order valence-corrected chi connectivity index (χ4v) is 3.33. The molecule has 2 aromatic rings. The van der Waals surface area contributed by atoms with E-state index in [9.17, 15) is 27.6 Å². The number of pyridine rings is 1. The third-order valence-electron chi connectivity index (χ3n) is 3.80. The number of carboxylic acid groups (broad SMARTS) is 2. The maximum atomic E-state index is 12.3. The van der Waals surface area contributed by atoms with E-state index in [0.29, 0.717) is 6.29 Å². The molecule has 0 aliphatic rings. The van der Waals surface area contributed by atoms with Crippen LogP contribution in [0.1, 0.15) is 32.8 Å². The number of sulfonamides is 1. The Labute approximate surface area is 170 Å². The van der Waals surface area contributed by atoms with Gasteiger partial charge < -0.3 is 20.3 Å². The highest BCUT2D eigenvalue weighted by Gasteiger charge is 2.18. The van der Waals surface area contributed by atoms with Gasteiger partial charge in [0, 0.05) is 6.20 Å². The number of carbonyl (C=O) groups is 4. The zero-order chi connectivity index (χ0) is 22.3. The van der Waals surface area contributed by atoms with Crippen LogP contribution in [-0.2, 0) is 26.2 Å². The number of aromatic carboxylic acids is 1. The fraction of sp³-hybridized carbons (Fsp3) is 0.167. The van der Waals surface area contributed by atoms with E-state index < -0.39 is 40.3 Å². The highest BCUT2D eigenvalue weighted by Crippen LogP contribution is 2.12. The molecule has 11 nitrogen and oxygen atoms in total. The number of aldehydes is 1. The highest BCUT2D eigenvalue weighted by molar-refractivity contribution is 7.89. The average molecular weight is 435 g/mol. The summed E-state index contributed by atoms with van der Waals surface area (Å²) in [6, 6.07) is 6.35. The Balaban J connectivity index is 2.02. The van der Waals surface area contributed by atoms with E-state index in [1.807, 2.05) is 0 Å².